The van der Waals surface area contributed by atoms with Crippen LogP contribution in [0.3, 0.4) is 0 Å². The topological polar surface area (TPSA) is 78.9 Å². The molecule has 0 heterocycles. The molecular formula is C76H130O6. The van der Waals surface area contributed by atoms with Crippen LogP contribution in [0.2, 0.25) is 0 Å². The molecule has 0 fully saturated rings. The maximum atomic E-state index is 12.9. The van der Waals surface area contributed by atoms with E-state index in [1.54, 1.807) is 0 Å². The molecular weight excluding hydrogens is 1010 g/mol. The van der Waals surface area contributed by atoms with Crippen LogP contribution in [0.1, 0.15) is 335 Å². The molecule has 6 heteroatoms. The molecule has 0 radical (unpaired) electrons. The normalized spacial score (nSPS) is 12.8. The van der Waals surface area contributed by atoms with Crippen molar-refractivity contribution in [1.29, 1.82) is 0 Å². The highest BCUT2D eigenvalue weighted by molar-refractivity contribution is 5.71. The van der Waals surface area contributed by atoms with E-state index >= 15 is 0 Å². The minimum Gasteiger partial charge on any atom is -0.462 e. The maximum Gasteiger partial charge on any atom is 0.306 e. The number of carbonyl (C=O) groups excluding carboxylic acids is 3. The number of carbonyl (C=O) groups is 3. The first kappa shape index (κ1) is 78.1. The summed E-state index contributed by atoms with van der Waals surface area (Å²) in [5, 5.41) is 0. The number of hydrogen-bond acceptors (Lipinski definition) is 6. The number of unbranched alkanes of at least 4 members (excludes halogenated alkanes) is 34. The number of allylic oxidation sites excluding steroid dienone is 18. The second-order valence-corrected chi connectivity index (χ2v) is 23.1. The minimum atomic E-state index is -0.787. The van der Waals surface area contributed by atoms with E-state index < -0.39 is 6.10 Å². The summed E-state index contributed by atoms with van der Waals surface area (Å²) in [6.45, 7) is 6.51. The molecule has 0 aliphatic heterocycles. The highest BCUT2D eigenvalue weighted by Gasteiger charge is 2.19. The summed E-state index contributed by atoms with van der Waals surface area (Å²) in [6.07, 6.45) is 95.4. The van der Waals surface area contributed by atoms with Crippen LogP contribution in [0.5, 0.6) is 0 Å². The van der Waals surface area contributed by atoms with Gasteiger partial charge in [-0.25, -0.2) is 0 Å². The zero-order valence-electron chi connectivity index (χ0n) is 54.0. The van der Waals surface area contributed by atoms with Crippen LogP contribution < -0.4 is 0 Å². The van der Waals surface area contributed by atoms with E-state index in [0.717, 1.165) is 109 Å². The average Bonchev–Trinajstić information content (AvgIpc) is 3.47. The van der Waals surface area contributed by atoms with Crippen LogP contribution in [-0.2, 0) is 28.6 Å². The third-order valence-corrected chi connectivity index (χ3v) is 15.0. The maximum absolute atomic E-state index is 12.9. The van der Waals surface area contributed by atoms with E-state index in [4.69, 9.17) is 14.2 Å². The minimum absolute atomic E-state index is 0.0831. The van der Waals surface area contributed by atoms with Gasteiger partial charge in [0.1, 0.15) is 13.2 Å². The summed E-state index contributed by atoms with van der Waals surface area (Å²) < 4.78 is 17.0. The molecule has 0 saturated carbocycles. The van der Waals surface area contributed by atoms with E-state index in [1.807, 2.05) is 0 Å². The van der Waals surface area contributed by atoms with E-state index in [2.05, 4.69) is 130 Å². The monoisotopic (exact) mass is 1140 g/mol. The van der Waals surface area contributed by atoms with Crippen LogP contribution in [0.4, 0.5) is 0 Å². The van der Waals surface area contributed by atoms with Crippen molar-refractivity contribution in [2.75, 3.05) is 13.2 Å². The highest BCUT2D eigenvalue weighted by atomic mass is 16.6. The van der Waals surface area contributed by atoms with Crippen molar-refractivity contribution in [1.82, 2.24) is 0 Å². The summed E-state index contributed by atoms with van der Waals surface area (Å²) in [5.41, 5.74) is 0. The zero-order chi connectivity index (χ0) is 59.2. The molecule has 0 aromatic rings. The fourth-order valence-electron chi connectivity index (χ4n) is 9.77. The summed E-state index contributed by atoms with van der Waals surface area (Å²) in [4.78, 5) is 38.4. The van der Waals surface area contributed by atoms with Crippen molar-refractivity contribution in [2.45, 2.75) is 341 Å². The Labute approximate surface area is 508 Å². The molecule has 1 atom stereocenters. The molecule has 0 rings (SSSR count). The molecule has 470 valence electrons. The fourth-order valence-corrected chi connectivity index (χ4v) is 9.77. The van der Waals surface area contributed by atoms with Gasteiger partial charge in [0, 0.05) is 19.3 Å². The van der Waals surface area contributed by atoms with Crippen molar-refractivity contribution in [2.24, 2.45) is 0 Å². The SMILES string of the molecule is CC/C=C\C/C=C\C/C=C\C/C=C\C/C=C\CCCCCCCCCCCCCC(=O)OCC(COC(=O)CCCCCCC/C=C\CCCCC)OC(=O)CCCCCCCCCCCC/C=C\C/C=C\C/C=C\CCCCCCC. The van der Waals surface area contributed by atoms with Gasteiger partial charge in [-0.05, 0) is 128 Å². The quantitative estimate of drug-likeness (QED) is 0.0261. The molecule has 0 amide bonds. The molecule has 1 unspecified atom stereocenters. The molecule has 0 saturated heterocycles. The Kier molecular flexibility index (Phi) is 66.2. The van der Waals surface area contributed by atoms with Gasteiger partial charge in [-0.2, -0.15) is 0 Å². The predicted molar refractivity (Wildman–Crippen MR) is 357 cm³/mol. The summed E-state index contributed by atoms with van der Waals surface area (Å²) in [5.74, 6) is -0.888. The zero-order valence-corrected chi connectivity index (χ0v) is 54.0. The van der Waals surface area contributed by atoms with Crippen molar-refractivity contribution >= 4 is 17.9 Å². The van der Waals surface area contributed by atoms with Crippen LogP contribution >= 0.6 is 0 Å². The van der Waals surface area contributed by atoms with E-state index in [9.17, 15) is 14.4 Å². The average molecular weight is 1140 g/mol. The van der Waals surface area contributed by atoms with Gasteiger partial charge in [0.05, 0.1) is 0 Å². The second kappa shape index (κ2) is 69.6. The molecule has 0 aromatic carbocycles. The Morgan fingerprint density at radius 2 is 0.476 bits per heavy atom. The van der Waals surface area contributed by atoms with Crippen molar-refractivity contribution < 1.29 is 28.6 Å². The second-order valence-electron chi connectivity index (χ2n) is 23.1. The van der Waals surface area contributed by atoms with Crippen LogP contribution in [0, 0.1) is 0 Å². The molecule has 0 aromatic heterocycles. The van der Waals surface area contributed by atoms with Gasteiger partial charge in [0.25, 0.3) is 0 Å². The lowest BCUT2D eigenvalue weighted by Crippen LogP contribution is -2.30. The van der Waals surface area contributed by atoms with Gasteiger partial charge >= 0.3 is 17.9 Å². The van der Waals surface area contributed by atoms with Gasteiger partial charge in [-0.15, -0.1) is 0 Å². The van der Waals surface area contributed by atoms with Crippen molar-refractivity contribution in [3.63, 3.8) is 0 Å². The standard InChI is InChI=1S/C76H130O6/c1-4-7-10-13-16-19-22-25-27-29-31-33-35-37-38-40-41-43-45-47-49-51-54-57-60-63-66-69-75(78)81-72-73(71-80-74(77)68-65-62-59-56-53-24-21-18-15-12-9-6-3)82-76(79)70-67-64-61-58-55-52-50-48-46-44-42-39-36-34-32-30-28-26-23-20-17-14-11-8-5-2/h7,10,16,18-19,21,23,25-27,30-33,36-39,73H,4-6,8-9,11-15,17,20,22,24,28-29,34-35,40-72H2,1-3H3/b10-7-,19-16-,21-18-,26-23-,27-25-,32-30-,33-31-,38-37-,39-36-. The lowest BCUT2D eigenvalue weighted by molar-refractivity contribution is -0.167. The first-order valence-corrected chi connectivity index (χ1v) is 34.9. The predicted octanol–water partition coefficient (Wildman–Crippen LogP) is 24.2. The first-order chi connectivity index (χ1) is 40.5. The largest absolute Gasteiger partial charge is 0.462 e. The third kappa shape index (κ3) is 66.9. The highest BCUT2D eigenvalue weighted by Crippen LogP contribution is 2.16. The van der Waals surface area contributed by atoms with E-state index in [0.29, 0.717) is 19.3 Å². The smallest absolute Gasteiger partial charge is 0.306 e. The Balaban J connectivity index is 4.29. The van der Waals surface area contributed by atoms with Gasteiger partial charge in [-0.3, -0.25) is 14.4 Å². The Morgan fingerprint density at radius 1 is 0.256 bits per heavy atom. The Morgan fingerprint density at radius 3 is 0.780 bits per heavy atom. The number of rotatable bonds is 63. The van der Waals surface area contributed by atoms with Gasteiger partial charge in [0.15, 0.2) is 6.10 Å². The summed E-state index contributed by atoms with van der Waals surface area (Å²) in [7, 11) is 0. The molecule has 82 heavy (non-hydrogen) atoms. The van der Waals surface area contributed by atoms with Crippen molar-refractivity contribution in [3.8, 4) is 0 Å². The van der Waals surface area contributed by atoms with Gasteiger partial charge in [-0.1, -0.05) is 297 Å². The van der Waals surface area contributed by atoms with Gasteiger partial charge in [0.2, 0.25) is 0 Å². The molecule has 0 aliphatic rings. The summed E-state index contributed by atoms with van der Waals surface area (Å²) >= 11 is 0. The first-order valence-electron chi connectivity index (χ1n) is 34.9. The fraction of sp³-hybridized carbons (Fsp3) is 0.724. The van der Waals surface area contributed by atoms with Crippen LogP contribution in [0.25, 0.3) is 0 Å². The third-order valence-electron chi connectivity index (χ3n) is 15.0. The number of hydrogen-bond donors (Lipinski definition) is 0. The van der Waals surface area contributed by atoms with Crippen LogP contribution in [-0.4, -0.2) is 37.2 Å². The molecule has 0 N–H and O–H groups in total. The molecule has 0 aliphatic carbocycles. The molecule has 0 bridgehead atoms. The Bertz CT molecular complexity index is 1640. The van der Waals surface area contributed by atoms with E-state index in [1.165, 1.54) is 186 Å². The Hall–Kier alpha value is -3.93. The summed E-state index contributed by atoms with van der Waals surface area (Å²) in [6, 6.07) is 0. The van der Waals surface area contributed by atoms with Gasteiger partial charge < -0.3 is 14.2 Å². The lowest BCUT2D eigenvalue weighted by atomic mass is 10.0. The number of esters is 3. The van der Waals surface area contributed by atoms with E-state index in [-0.39, 0.29) is 31.1 Å². The molecule has 6 nitrogen and oxygen atoms in total. The molecule has 0 spiro atoms. The lowest BCUT2D eigenvalue weighted by Gasteiger charge is -2.18. The van der Waals surface area contributed by atoms with Crippen LogP contribution in [0.15, 0.2) is 109 Å². The number of ether oxygens (including phenoxy) is 3. The van der Waals surface area contributed by atoms with Crippen molar-refractivity contribution in [3.05, 3.63) is 109 Å².